The average Bonchev–Trinajstić information content (AvgIpc) is 2.47. The van der Waals surface area contributed by atoms with E-state index >= 15 is 0 Å². The van der Waals surface area contributed by atoms with Gasteiger partial charge in [-0.05, 0) is 42.7 Å². The lowest BCUT2D eigenvalue weighted by Gasteiger charge is -2.38. The van der Waals surface area contributed by atoms with Crippen molar-refractivity contribution in [1.82, 2.24) is 0 Å². The molecule has 0 N–H and O–H groups in total. The van der Waals surface area contributed by atoms with Crippen LogP contribution in [0.2, 0.25) is 0 Å². The molecule has 0 amide bonds. The molecule has 3 heteroatoms. The van der Waals surface area contributed by atoms with Gasteiger partial charge in [-0.3, -0.25) is 4.57 Å². The highest BCUT2D eigenvalue weighted by Gasteiger charge is 2.36. The molecule has 0 aromatic heterocycles. The van der Waals surface area contributed by atoms with E-state index in [2.05, 4.69) is 20.8 Å². The van der Waals surface area contributed by atoms with E-state index in [0.29, 0.717) is 23.9 Å². The zero-order valence-corrected chi connectivity index (χ0v) is 14.7. The topological polar surface area (TPSA) is 26.3 Å². The van der Waals surface area contributed by atoms with Gasteiger partial charge in [-0.2, -0.15) is 0 Å². The Morgan fingerprint density at radius 2 is 1.90 bits per heavy atom. The Labute approximate surface area is 129 Å². The standard InChI is InChI=1S/C18H29O2P/c1-5-21(19,16-9-7-6-8-10-16)20-18-13-15(4)11-12-17(18)14(2)3/h6-10,14-15,17-18H,5,11-13H2,1-4H3/t15-,17+,18-,21?/m0/s1. The highest BCUT2D eigenvalue weighted by Crippen LogP contribution is 2.50. The van der Waals surface area contributed by atoms with Gasteiger partial charge in [-0.15, -0.1) is 0 Å². The first-order chi connectivity index (χ1) is 9.96. The molecule has 0 radical (unpaired) electrons. The number of hydrogen-bond donors (Lipinski definition) is 0. The lowest BCUT2D eigenvalue weighted by molar-refractivity contribution is 0.0500. The predicted octanol–water partition coefficient (Wildman–Crippen LogP) is 5.09. The van der Waals surface area contributed by atoms with Crippen LogP contribution in [0.5, 0.6) is 0 Å². The molecule has 1 aromatic rings. The fourth-order valence-corrected chi connectivity index (χ4v) is 5.37. The Morgan fingerprint density at radius 3 is 2.48 bits per heavy atom. The van der Waals surface area contributed by atoms with Gasteiger partial charge in [0.15, 0.2) is 0 Å². The molecule has 0 saturated heterocycles. The Hall–Kier alpha value is -0.590. The molecule has 1 saturated carbocycles. The molecule has 1 unspecified atom stereocenters. The van der Waals surface area contributed by atoms with Gasteiger partial charge in [0.2, 0.25) is 7.37 Å². The third kappa shape index (κ3) is 3.99. The summed E-state index contributed by atoms with van der Waals surface area (Å²) in [6.07, 6.45) is 4.22. The number of hydrogen-bond acceptors (Lipinski definition) is 2. The highest BCUT2D eigenvalue weighted by atomic mass is 31.2. The van der Waals surface area contributed by atoms with E-state index in [1.807, 2.05) is 37.3 Å². The summed E-state index contributed by atoms with van der Waals surface area (Å²) >= 11 is 0. The summed E-state index contributed by atoms with van der Waals surface area (Å²) < 4.78 is 19.6. The van der Waals surface area contributed by atoms with Gasteiger partial charge in [0.1, 0.15) is 0 Å². The van der Waals surface area contributed by atoms with E-state index in [9.17, 15) is 4.57 Å². The minimum Gasteiger partial charge on any atom is -0.322 e. The summed E-state index contributed by atoms with van der Waals surface area (Å²) in [5, 5.41) is 0.869. The zero-order valence-electron chi connectivity index (χ0n) is 13.8. The molecule has 2 rings (SSSR count). The van der Waals surface area contributed by atoms with Gasteiger partial charge in [0.25, 0.3) is 0 Å². The predicted molar refractivity (Wildman–Crippen MR) is 90.4 cm³/mol. The molecular formula is C18H29O2P. The minimum atomic E-state index is -2.72. The van der Waals surface area contributed by atoms with Crippen molar-refractivity contribution in [2.24, 2.45) is 17.8 Å². The Morgan fingerprint density at radius 1 is 1.24 bits per heavy atom. The van der Waals surface area contributed by atoms with Crippen LogP contribution in [0.4, 0.5) is 0 Å². The van der Waals surface area contributed by atoms with Crippen molar-refractivity contribution in [3.05, 3.63) is 30.3 Å². The zero-order chi connectivity index (χ0) is 15.5. The molecule has 21 heavy (non-hydrogen) atoms. The van der Waals surface area contributed by atoms with E-state index in [1.54, 1.807) is 0 Å². The molecule has 0 bridgehead atoms. The number of benzene rings is 1. The SMILES string of the molecule is CCP(=O)(O[C@H]1C[C@@H](C)CC[C@@H]1C(C)C)c1ccccc1. The summed E-state index contributed by atoms with van der Waals surface area (Å²) in [4.78, 5) is 0. The minimum absolute atomic E-state index is 0.139. The summed E-state index contributed by atoms with van der Waals surface area (Å²) in [6.45, 7) is 8.78. The lowest BCUT2D eigenvalue weighted by atomic mass is 9.75. The van der Waals surface area contributed by atoms with Crippen LogP contribution >= 0.6 is 7.37 Å². The van der Waals surface area contributed by atoms with Crippen molar-refractivity contribution < 1.29 is 9.09 Å². The van der Waals surface area contributed by atoms with Crippen LogP contribution < -0.4 is 5.30 Å². The smallest absolute Gasteiger partial charge is 0.232 e. The third-order valence-corrected chi connectivity index (χ3v) is 7.36. The van der Waals surface area contributed by atoms with E-state index in [-0.39, 0.29) is 6.10 Å². The molecule has 4 atom stereocenters. The van der Waals surface area contributed by atoms with Crippen LogP contribution in [0.3, 0.4) is 0 Å². The van der Waals surface area contributed by atoms with Gasteiger partial charge in [-0.25, -0.2) is 0 Å². The van der Waals surface area contributed by atoms with Crippen LogP contribution in [0.1, 0.15) is 47.0 Å². The van der Waals surface area contributed by atoms with E-state index in [1.165, 1.54) is 12.8 Å². The normalized spacial score (nSPS) is 29.3. The Kier molecular flexibility index (Phi) is 5.68. The molecule has 118 valence electrons. The fourth-order valence-electron chi connectivity index (χ4n) is 3.43. The van der Waals surface area contributed by atoms with Crippen LogP contribution in [0, 0.1) is 17.8 Å². The van der Waals surface area contributed by atoms with Crippen molar-refractivity contribution in [2.45, 2.75) is 53.1 Å². The van der Waals surface area contributed by atoms with Gasteiger partial charge >= 0.3 is 0 Å². The summed E-state index contributed by atoms with van der Waals surface area (Å²) in [5.74, 6) is 1.79. The van der Waals surface area contributed by atoms with E-state index in [4.69, 9.17) is 4.52 Å². The largest absolute Gasteiger partial charge is 0.322 e. The molecule has 2 nitrogen and oxygen atoms in total. The second-order valence-electron chi connectivity index (χ2n) is 6.80. The van der Waals surface area contributed by atoms with Crippen molar-refractivity contribution in [2.75, 3.05) is 6.16 Å². The Bertz CT molecular complexity index is 483. The van der Waals surface area contributed by atoms with Crippen LogP contribution in [0.25, 0.3) is 0 Å². The molecule has 1 aromatic carbocycles. The summed E-state index contributed by atoms with van der Waals surface area (Å²) in [7, 11) is -2.72. The van der Waals surface area contributed by atoms with Crippen LogP contribution in [-0.2, 0) is 9.09 Å². The molecule has 0 spiro atoms. The second-order valence-corrected chi connectivity index (χ2v) is 9.50. The van der Waals surface area contributed by atoms with Gasteiger partial charge in [-0.1, -0.05) is 52.3 Å². The van der Waals surface area contributed by atoms with Gasteiger partial charge in [0.05, 0.1) is 6.10 Å². The first-order valence-electron chi connectivity index (χ1n) is 8.29. The van der Waals surface area contributed by atoms with Crippen LogP contribution in [-0.4, -0.2) is 12.3 Å². The molecule has 1 aliphatic carbocycles. The average molecular weight is 308 g/mol. The maximum Gasteiger partial charge on any atom is 0.232 e. The Balaban J connectivity index is 2.21. The van der Waals surface area contributed by atoms with Gasteiger partial charge in [0, 0.05) is 11.5 Å². The number of rotatable bonds is 5. The molecule has 0 aliphatic heterocycles. The van der Waals surface area contributed by atoms with Crippen molar-refractivity contribution in [3.8, 4) is 0 Å². The quantitative estimate of drug-likeness (QED) is 0.708. The van der Waals surface area contributed by atoms with Crippen molar-refractivity contribution in [1.29, 1.82) is 0 Å². The molecule has 0 heterocycles. The van der Waals surface area contributed by atoms with Crippen LogP contribution in [0.15, 0.2) is 30.3 Å². The first-order valence-corrected chi connectivity index (χ1v) is 10.1. The maximum absolute atomic E-state index is 13.3. The lowest BCUT2D eigenvalue weighted by Crippen LogP contribution is -2.34. The molecule has 1 fully saturated rings. The fraction of sp³-hybridized carbons (Fsp3) is 0.667. The second kappa shape index (κ2) is 7.11. The third-order valence-electron chi connectivity index (χ3n) is 4.83. The highest BCUT2D eigenvalue weighted by molar-refractivity contribution is 7.66. The monoisotopic (exact) mass is 308 g/mol. The first kappa shape index (κ1) is 16.8. The summed E-state index contributed by atoms with van der Waals surface area (Å²) in [5.41, 5.74) is 0. The van der Waals surface area contributed by atoms with Gasteiger partial charge < -0.3 is 4.52 Å². The van der Waals surface area contributed by atoms with E-state index < -0.39 is 7.37 Å². The maximum atomic E-state index is 13.3. The van der Waals surface area contributed by atoms with Crippen molar-refractivity contribution >= 4 is 12.7 Å². The molecule has 1 aliphatic rings. The molecular weight excluding hydrogens is 279 g/mol. The summed E-state index contributed by atoms with van der Waals surface area (Å²) in [6, 6.07) is 9.75. The van der Waals surface area contributed by atoms with E-state index in [0.717, 1.165) is 11.7 Å². The van der Waals surface area contributed by atoms with Crippen molar-refractivity contribution in [3.63, 3.8) is 0 Å².